The van der Waals surface area contributed by atoms with Crippen molar-refractivity contribution in [2.45, 2.75) is 0 Å². The zero-order chi connectivity index (χ0) is 5.98. The van der Waals surface area contributed by atoms with Gasteiger partial charge in [-0.25, -0.2) is 0 Å². The van der Waals surface area contributed by atoms with Crippen LogP contribution < -0.4 is 5.73 Å². The van der Waals surface area contributed by atoms with E-state index in [9.17, 15) is 0 Å². The highest BCUT2D eigenvalue weighted by Crippen LogP contribution is 2.03. The Morgan fingerprint density at radius 1 is 1.12 bits per heavy atom. The highest BCUT2D eigenvalue weighted by Gasteiger charge is 1.90. The van der Waals surface area contributed by atoms with Gasteiger partial charge in [-0.1, -0.05) is 0 Å². The van der Waals surface area contributed by atoms with Gasteiger partial charge < -0.3 is 5.73 Å². The van der Waals surface area contributed by atoms with Gasteiger partial charge in [-0.3, -0.25) is 0 Å². The van der Waals surface area contributed by atoms with E-state index in [0.29, 0.717) is 0 Å². The standard InChI is InChI=1S/C6H7ClN/c7-5-1-3-6(8)4-2-5/h1-4,7H,8H2/q+1. The molecule has 0 atom stereocenters. The summed E-state index contributed by atoms with van der Waals surface area (Å²) in [5.74, 6) is 0. The fourth-order valence-corrected chi connectivity index (χ4v) is 0.604. The van der Waals surface area contributed by atoms with Crippen molar-refractivity contribution >= 4 is 5.69 Å². The number of hydrogen-bond donors (Lipinski definition) is 1. The molecule has 0 unspecified atom stereocenters. The molecule has 0 aliphatic rings. The van der Waals surface area contributed by atoms with Crippen molar-refractivity contribution in [3.05, 3.63) is 29.3 Å². The molecule has 0 aliphatic carbocycles. The number of benzene rings is 1. The molecule has 0 aliphatic heterocycles. The van der Waals surface area contributed by atoms with Crippen LogP contribution in [-0.2, 0) is 0 Å². The fraction of sp³-hybridized carbons (Fsp3) is 0. The Balaban J connectivity index is 3.03. The molecule has 0 aromatic heterocycles. The van der Waals surface area contributed by atoms with Crippen molar-refractivity contribution in [2.24, 2.45) is 0 Å². The fourth-order valence-electron chi connectivity index (χ4n) is 0.468. The van der Waals surface area contributed by atoms with Crippen molar-refractivity contribution in [3.63, 3.8) is 0 Å². The van der Waals surface area contributed by atoms with Crippen LogP contribution in [0.3, 0.4) is 0 Å². The second-order valence-corrected chi connectivity index (χ2v) is 2.04. The monoisotopic (exact) mass is 128 g/mol. The van der Waals surface area contributed by atoms with Gasteiger partial charge in [-0.15, -0.1) is 0 Å². The minimum absolute atomic E-state index is 0.763. The van der Waals surface area contributed by atoms with E-state index in [0.717, 1.165) is 10.7 Å². The first-order chi connectivity index (χ1) is 3.79. The van der Waals surface area contributed by atoms with E-state index >= 15 is 0 Å². The van der Waals surface area contributed by atoms with Gasteiger partial charge >= 0.3 is 0 Å². The summed E-state index contributed by atoms with van der Waals surface area (Å²) >= 11 is 4.82. The molecule has 1 aromatic rings. The Bertz CT molecular complexity index is 147. The largest absolute Gasteiger partial charge is 0.399 e. The van der Waals surface area contributed by atoms with E-state index in [1.165, 1.54) is 0 Å². The van der Waals surface area contributed by atoms with Crippen molar-refractivity contribution < 1.29 is 11.6 Å². The van der Waals surface area contributed by atoms with Crippen LogP contribution >= 0.6 is 0 Å². The summed E-state index contributed by atoms with van der Waals surface area (Å²) in [6.07, 6.45) is 0. The van der Waals surface area contributed by atoms with Crippen LogP contribution in [0.15, 0.2) is 24.3 Å². The molecule has 2 heteroatoms. The second-order valence-electron chi connectivity index (χ2n) is 1.57. The minimum atomic E-state index is 0.763. The Morgan fingerprint density at radius 3 is 2.00 bits per heavy atom. The summed E-state index contributed by atoms with van der Waals surface area (Å²) in [6, 6.07) is 7.21. The SMILES string of the molecule is Nc1ccc([ClH+])cc1. The van der Waals surface area contributed by atoms with Crippen LogP contribution in [0.4, 0.5) is 5.69 Å². The molecule has 0 saturated heterocycles. The van der Waals surface area contributed by atoms with E-state index in [-0.39, 0.29) is 0 Å². The lowest BCUT2D eigenvalue weighted by Gasteiger charge is -1.84. The summed E-state index contributed by atoms with van der Waals surface area (Å²) in [6.45, 7) is 0. The molecule has 1 aromatic carbocycles. The summed E-state index contributed by atoms with van der Waals surface area (Å²) in [5, 5.41) is 0.833. The topological polar surface area (TPSA) is 26.0 Å². The summed E-state index contributed by atoms with van der Waals surface area (Å²) in [7, 11) is 0. The number of anilines is 1. The lowest BCUT2D eigenvalue weighted by Crippen LogP contribution is -1.81. The minimum Gasteiger partial charge on any atom is -0.399 e. The van der Waals surface area contributed by atoms with Gasteiger partial charge in [0.05, 0.1) is 0 Å². The average molecular weight is 129 g/mol. The Labute approximate surface area is 53.1 Å². The van der Waals surface area contributed by atoms with Crippen molar-refractivity contribution in [1.29, 1.82) is 0 Å². The highest BCUT2D eigenvalue weighted by atomic mass is 35.5. The first-order valence-corrected chi connectivity index (χ1v) is 2.72. The van der Waals surface area contributed by atoms with Crippen molar-refractivity contribution in [3.8, 4) is 0 Å². The van der Waals surface area contributed by atoms with Gasteiger partial charge in [-0.2, -0.15) is 0 Å². The van der Waals surface area contributed by atoms with Crippen LogP contribution in [0.5, 0.6) is 0 Å². The van der Waals surface area contributed by atoms with E-state index in [4.69, 9.17) is 17.3 Å². The summed E-state index contributed by atoms with van der Waals surface area (Å²) in [5.41, 5.74) is 6.14. The van der Waals surface area contributed by atoms with E-state index in [1.807, 2.05) is 12.1 Å². The van der Waals surface area contributed by atoms with E-state index in [1.54, 1.807) is 12.1 Å². The molecule has 0 heterocycles. The first-order valence-electron chi connectivity index (χ1n) is 2.31. The molecule has 0 radical (unpaired) electrons. The smallest absolute Gasteiger partial charge is 0.225 e. The number of hydrogen-bond acceptors (Lipinski definition) is 1. The number of halogens is 1. The zero-order valence-electron chi connectivity index (χ0n) is 4.29. The lowest BCUT2D eigenvalue weighted by atomic mass is 10.3. The van der Waals surface area contributed by atoms with Gasteiger partial charge in [0.2, 0.25) is 5.02 Å². The maximum absolute atomic E-state index is 5.38. The van der Waals surface area contributed by atoms with Gasteiger partial charge in [0, 0.05) is 17.8 Å². The Hall–Kier alpha value is -0.690. The molecule has 0 saturated carbocycles. The average Bonchev–Trinajstić information content (AvgIpc) is 1.77. The van der Waals surface area contributed by atoms with Crippen molar-refractivity contribution in [1.82, 2.24) is 0 Å². The molecule has 8 heavy (non-hydrogen) atoms. The van der Waals surface area contributed by atoms with Crippen molar-refractivity contribution in [2.75, 3.05) is 5.73 Å². The summed E-state index contributed by atoms with van der Waals surface area (Å²) in [4.78, 5) is 0. The molecule has 2 N–H and O–H groups in total. The third kappa shape index (κ3) is 1.14. The first kappa shape index (κ1) is 5.45. The third-order valence-corrected chi connectivity index (χ3v) is 1.15. The van der Waals surface area contributed by atoms with Crippen LogP contribution in [0, 0.1) is 11.6 Å². The van der Waals surface area contributed by atoms with Gasteiger partial charge in [0.1, 0.15) is 0 Å². The second kappa shape index (κ2) is 2.05. The number of nitrogens with two attached hydrogens (primary N) is 1. The van der Waals surface area contributed by atoms with Crippen LogP contribution in [0.1, 0.15) is 0 Å². The molecule has 1 nitrogen and oxygen atoms in total. The molecule has 0 bridgehead atoms. The lowest BCUT2D eigenvalue weighted by molar-refractivity contribution is -0.288. The third-order valence-electron chi connectivity index (χ3n) is 0.880. The normalized spacial score (nSPS) is 9.12. The van der Waals surface area contributed by atoms with Crippen LogP contribution in [0.25, 0.3) is 0 Å². The van der Waals surface area contributed by atoms with Gasteiger partial charge in [0.25, 0.3) is 0 Å². The predicted molar refractivity (Wildman–Crippen MR) is 31.4 cm³/mol. The van der Waals surface area contributed by atoms with E-state index < -0.39 is 0 Å². The van der Waals surface area contributed by atoms with Crippen LogP contribution in [0.2, 0.25) is 5.02 Å². The van der Waals surface area contributed by atoms with Gasteiger partial charge in [0.15, 0.2) is 11.6 Å². The molecule has 42 valence electrons. The Morgan fingerprint density at radius 2 is 1.62 bits per heavy atom. The quantitative estimate of drug-likeness (QED) is 0.518. The zero-order valence-corrected chi connectivity index (χ0v) is 5.11. The van der Waals surface area contributed by atoms with E-state index in [2.05, 4.69) is 0 Å². The molecule has 0 amide bonds. The predicted octanol–water partition coefficient (Wildman–Crippen LogP) is 0.965. The molecular formula is C6H7ClN+. The number of nitrogen functional groups attached to an aromatic ring is 1. The highest BCUT2D eigenvalue weighted by molar-refractivity contribution is 5.37. The van der Waals surface area contributed by atoms with Crippen LogP contribution in [-0.4, -0.2) is 0 Å². The van der Waals surface area contributed by atoms with Gasteiger partial charge in [-0.05, 0) is 12.1 Å². The molecule has 0 fully saturated rings. The molecule has 0 spiro atoms. The maximum atomic E-state index is 5.38. The molecular weight excluding hydrogens is 122 g/mol. The Kier molecular flexibility index (Phi) is 1.40. The molecule has 1 rings (SSSR count). The maximum Gasteiger partial charge on any atom is 0.225 e. The summed E-state index contributed by atoms with van der Waals surface area (Å²) < 4.78 is 0. The number of rotatable bonds is 0.